The molecule has 1 aromatic rings. The number of nitrogens with one attached hydrogen (secondary N) is 1. The van der Waals surface area contributed by atoms with Gasteiger partial charge in [0.2, 0.25) is 0 Å². The summed E-state index contributed by atoms with van der Waals surface area (Å²) in [6.07, 6.45) is 2.30. The Morgan fingerprint density at radius 1 is 1.53 bits per heavy atom. The zero-order valence-electron chi connectivity index (χ0n) is 10.6. The summed E-state index contributed by atoms with van der Waals surface area (Å²) < 4.78 is 5.41. The summed E-state index contributed by atoms with van der Waals surface area (Å²) in [5.74, 6) is 0.547. The van der Waals surface area contributed by atoms with E-state index in [0.29, 0.717) is 17.5 Å². The molecule has 0 amide bonds. The van der Waals surface area contributed by atoms with Gasteiger partial charge < -0.3 is 10.1 Å². The fraction of sp³-hybridized carbons (Fsp3) is 0.538. The summed E-state index contributed by atoms with van der Waals surface area (Å²) in [4.78, 5) is 10.2. The molecule has 5 nitrogen and oxygen atoms in total. The van der Waals surface area contributed by atoms with Gasteiger partial charge in [0.15, 0.2) is 0 Å². The molecule has 19 heavy (non-hydrogen) atoms. The molecule has 1 fully saturated rings. The normalized spacial score (nSPS) is 19.3. The van der Waals surface area contributed by atoms with Crippen LogP contribution in [0, 0.1) is 16.0 Å². The largest absolute Gasteiger partial charge is 0.381 e. The van der Waals surface area contributed by atoms with Crippen LogP contribution in [0.1, 0.15) is 18.4 Å². The van der Waals surface area contributed by atoms with Crippen molar-refractivity contribution >= 4 is 17.3 Å². The second-order valence-electron chi connectivity index (χ2n) is 4.75. The van der Waals surface area contributed by atoms with E-state index in [1.54, 1.807) is 6.07 Å². The maximum atomic E-state index is 10.6. The van der Waals surface area contributed by atoms with Gasteiger partial charge in [-0.25, -0.2) is 0 Å². The average Bonchev–Trinajstić information content (AvgIpc) is 2.41. The third kappa shape index (κ3) is 4.16. The van der Waals surface area contributed by atoms with Crippen LogP contribution in [-0.2, 0) is 11.3 Å². The van der Waals surface area contributed by atoms with Crippen molar-refractivity contribution in [2.75, 3.05) is 19.8 Å². The maximum Gasteiger partial charge on any atom is 0.270 e. The number of benzene rings is 1. The second kappa shape index (κ2) is 6.84. The molecule has 0 bridgehead atoms. The number of rotatable bonds is 5. The Bertz CT molecular complexity index is 448. The van der Waals surface area contributed by atoms with Gasteiger partial charge in [-0.05, 0) is 30.4 Å². The van der Waals surface area contributed by atoms with Crippen LogP contribution < -0.4 is 5.32 Å². The minimum absolute atomic E-state index is 0.0226. The maximum absolute atomic E-state index is 10.6. The molecular formula is C13H17ClN2O3. The lowest BCUT2D eigenvalue weighted by molar-refractivity contribution is -0.384. The van der Waals surface area contributed by atoms with Crippen LogP contribution in [0.5, 0.6) is 0 Å². The molecule has 6 heteroatoms. The van der Waals surface area contributed by atoms with Crippen LogP contribution in [0.2, 0.25) is 5.02 Å². The molecule has 0 aliphatic carbocycles. The third-order valence-corrected chi connectivity index (χ3v) is 3.60. The van der Waals surface area contributed by atoms with E-state index in [4.69, 9.17) is 16.3 Å². The van der Waals surface area contributed by atoms with Crippen molar-refractivity contribution in [3.8, 4) is 0 Å². The van der Waals surface area contributed by atoms with Gasteiger partial charge in [-0.3, -0.25) is 10.1 Å². The van der Waals surface area contributed by atoms with Crippen molar-refractivity contribution in [1.29, 1.82) is 0 Å². The Kier molecular flexibility index (Phi) is 5.13. The molecule has 0 saturated carbocycles. The van der Waals surface area contributed by atoms with E-state index >= 15 is 0 Å². The Hall–Kier alpha value is -1.17. The van der Waals surface area contributed by atoms with Gasteiger partial charge in [-0.2, -0.15) is 0 Å². The van der Waals surface area contributed by atoms with Crippen molar-refractivity contribution in [1.82, 2.24) is 5.32 Å². The Morgan fingerprint density at radius 2 is 2.37 bits per heavy atom. The van der Waals surface area contributed by atoms with Crippen LogP contribution >= 0.6 is 11.6 Å². The molecule has 1 atom stereocenters. The van der Waals surface area contributed by atoms with Gasteiger partial charge >= 0.3 is 0 Å². The van der Waals surface area contributed by atoms with Crippen LogP contribution in [0.15, 0.2) is 18.2 Å². The van der Waals surface area contributed by atoms with Gasteiger partial charge in [0, 0.05) is 31.8 Å². The highest BCUT2D eigenvalue weighted by Crippen LogP contribution is 2.22. The molecule has 0 aromatic heterocycles. The first-order chi connectivity index (χ1) is 9.16. The smallest absolute Gasteiger partial charge is 0.270 e. The minimum atomic E-state index is -0.442. The van der Waals surface area contributed by atoms with E-state index in [1.807, 2.05) is 0 Å². The molecule has 1 aliphatic rings. The molecule has 1 heterocycles. The van der Waals surface area contributed by atoms with Gasteiger partial charge in [-0.15, -0.1) is 0 Å². The third-order valence-electron chi connectivity index (χ3n) is 3.25. The number of nitro groups is 1. The lowest BCUT2D eigenvalue weighted by Gasteiger charge is -2.22. The lowest BCUT2D eigenvalue weighted by Crippen LogP contribution is -2.28. The molecule has 0 radical (unpaired) electrons. The van der Waals surface area contributed by atoms with Gasteiger partial charge in [0.1, 0.15) is 0 Å². The van der Waals surface area contributed by atoms with Crippen LogP contribution in [0.25, 0.3) is 0 Å². The fourth-order valence-electron chi connectivity index (χ4n) is 2.17. The first-order valence-electron chi connectivity index (χ1n) is 6.38. The van der Waals surface area contributed by atoms with Gasteiger partial charge in [0.25, 0.3) is 5.69 Å². The Balaban J connectivity index is 1.83. The van der Waals surface area contributed by atoms with E-state index < -0.39 is 4.92 Å². The summed E-state index contributed by atoms with van der Waals surface area (Å²) in [5, 5.41) is 14.4. The molecule has 1 N–H and O–H groups in total. The predicted molar refractivity (Wildman–Crippen MR) is 73.4 cm³/mol. The summed E-state index contributed by atoms with van der Waals surface area (Å²) in [6, 6.07) is 4.57. The van der Waals surface area contributed by atoms with Crippen LogP contribution in [0.3, 0.4) is 0 Å². The monoisotopic (exact) mass is 284 g/mol. The predicted octanol–water partition coefficient (Wildman–Crippen LogP) is 2.76. The highest BCUT2D eigenvalue weighted by molar-refractivity contribution is 6.31. The SMILES string of the molecule is O=[N+]([O-])c1ccc(CNCC2CCCOC2)c(Cl)c1. The molecule has 1 saturated heterocycles. The van der Waals surface area contributed by atoms with Crippen molar-refractivity contribution in [2.24, 2.45) is 5.92 Å². The number of halogens is 1. The summed E-state index contributed by atoms with van der Waals surface area (Å²) in [5.41, 5.74) is 0.901. The molecule has 1 aliphatic heterocycles. The highest BCUT2D eigenvalue weighted by atomic mass is 35.5. The van der Waals surface area contributed by atoms with Crippen LogP contribution in [-0.4, -0.2) is 24.7 Å². The van der Waals surface area contributed by atoms with E-state index in [0.717, 1.165) is 31.7 Å². The van der Waals surface area contributed by atoms with E-state index in [-0.39, 0.29) is 5.69 Å². The number of hydrogen-bond acceptors (Lipinski definition) is 4. The molecule has 104 valence electrons. The first kappa shape index (κ1) is 14.2. The second-order valence-corrected chi connectivity index (χ2v) is 5.15. The lowest BCUT2D eigenvalue weighted by atomic mass is 10.0. The quantitative estimate of drug-likeness (QED) is 0.667. The standard InChI is InChI=1S/C13H17ClN2O3/c14-13-6-12(16(17)18)4-3-11(13)8-15-7-10-2-1-5-19-9-10/h3-4,6,10,15H,1-2,5,7-9H2. The van der Waals surface area contributed by atoms with E-state index in [1.165, 1.54) is 18.6 Å². The van der Waals surface area contributed by atoms with Gasteiger partial charge in [0.05, 0.1) is 16.6 Å². The number of hydrogen-bond donors (Lipinski definition) is 1. The Morgan fingerprint density at radius 3 is 3.00 bits per heavy atom. The number of nitrogens with zero attached hydrogens (tertiary/aromatic N) is 1. The average molecular weight is 285 g/mol. The zero-order chi connectivity index (χ0) is 13.7. The number of non-ortho nitro benzene ring substituents is 1. The Labute approximate surface area is 117 Å². The van der Waals surface area contributed by atoms with E-state index in [2.05, 4.69) is 5.32 Å². The number of nitro benzene ring substituents is 1. The molecule has 0 spiro atoms. The van der Waals surface area contributed by atoms with E-state index in [9.17, 15) is 10.1 Å². The van der Waals surface area contributed by atoms with Crippen molar-refractivity contribution in [2.45, 2.75) is 19.4 Å². The summed E-state index contributed by atoms with van der Waals surface area (Å²) in [6.45, 7) is 3.17. The molecule has 1 unspecified atom stereocenters. The van der Waals surface area contributed by atoms with Crippen LogP contribution in [0.4, 0.5) is 5.69 Å². The summed E-state index contributed by atoms with van der Waals surface area (Å²) in [7, 11) is 0. The van der Waals surface area contributed by atoms with Gasteiger partial charge in [-0.1, -0.05) is 11.6 Å². The summed E-state index contributed by atoms with van der Waals surface area (Å²) >= 11 is 6.03. The fourth-order valence-corrected chi connectivity index (χ4v) is 2.41. The topological polar surface area (TPSA) is 64.4 Å². The molecular weight excluding hydrogens is 268 g/mol. The first-order valence-corrected chi connectivity index (χ1v) is 6.76. The highest BCUT2D eigenvalue weighted by Gasteiger charge is 2.14. The zero-order valence-corrected chi connectivity index (χ0v) is 11.4. The molecule has 1 aromatic carbocycles. The minimum Gasteiger partial charge on any atom is -0.381 e. The van der Waals surface area contributed by atoms with Crippen molar-refractivity contribution in [3.63, 3.8) is 0 Å². The number of ether oxygens (including phenoxy) is 1. The van der Waals surface area contributed by atoms with Crippen molar-refractivity contribution < 1.29 is 9.66 Å². The van der Waals surface area contributed by atoms with Crippen molar-refractivity contribution in [3.05, 3.63) is 38.9 Å². The molecule has 2 rings (SSSR count).